The van der Waals surface area contributed by atoms with Gasteiger partial charge in [0.1, 0.15) is 5.69 Å². The Hall–Kier alpha value is -0.900. The molecule has 0 fully saturated rings. The maximum atomic E-state index is 11.6. The van der Waals surface area contributed by atoms with Gasteiger partial charge in [-0.15, -0.1) is 0 Å². The van der Waals surface area contributed by atoms with E-state index in [0.717, 1.165) is 30.3 Å². The molecule has 0 aliphatic rings. The molecular weight excluding hydrogens is 256 g/mol. The second-order valence-corrected chi connectivity index (χ2v) is 4.15. The van der Waals surface area contributed by atoms with Crippen LogP contribution in [0.2, 0.25) is 0 Å². The lowest BCUT2D eigenvalue weighted by Crippen LogP contribution is -2.25. The highest BCUT2D eigenvalue weighted by atomic mass is 79.9. The minimum absolute atomic E-state index is 0.112. The second-order valence-electron chi connectivity index (χ2n) is 3.30. The van der Waals surface area contributed by atoms with Crippen LogP contribution in [-0.2, 0) is 0 Å². The highest BCUT2D eigenvalue weighted by Crippen LogP contribution is 2.12. The summed E-state index contributed by atoms with van der Waals surface area (Å²) in [5.74, 6) is -0.112. The maximum absolute atomic E-state index is 11.6. The molecule has 15 heavy (non-hydrogen) atoms. The minimum atomic E-state index is -0.112. The van der Waals surface area contributed by atoms with Crippen LogP contribution < -0.4 is 5.32 Å². The molecule has 0 atom stereocenters. The Bertz CT molecular complexity index is 328. The lowest BCUT2D eigenvalue weighted by Gasteiger charge is -2.04. The topological polar surface area (TPSA) is 42.0 Å². The molecule has 0 aliphatic heterocycles. The second kappa shape index (κ2) is 6.56. The standard InChI is InChI=1S/C11H15BrN2O/c1-2-3-4-7-14-11(15)10-9(12)6-5-8-13-10/h5-6,8H,2-4,7H2,1H3,(H,14,15). The molecule has 4 heteroatoms. The van der Waals surface area contributed by atoms with Crippen molar-refractivity contribution in [1.82, 2.24) is 10.3 Å². The fourth-order valence-corrected chi connectivity index (χ4v) is 1.65. The predicted octanol–water partition coefficient (Wildman–Crippen LogP) is 2.76. The largest absolute Gasteiger partial charge is 0.351 e. The van der Waals surface area contributed by atoms with Crippen LogP contribution in [0.25, 0.3) is 0 Å². The van der Waals surface area contributed by atoms with Gasteiger partial charge >= 0.3 is 0 Å². The first kappa shape index (κ1) is 12.2. The van der Waals surface area contributed by atoms with Crippen molar-refractivity contribution in [3.8, 4) is 0 Å². The van der Waals surface area contributed by atoms with Gasteiger partial charge in [0.05, 0.1) is 0 Å². The third kappa shape index (κ3) is 4.00. The van der Waals surface area contributed by atoms with E-state index in [2.05, 4.69) is 33.2 Å². The van der Waals surface area contributed by atoms with Crippen LogP contribution in [0.5, 0.6) is 0 Å². The molecule has 1 aromatic heterocycles. The molecule has 0 aromatic carbocycles. The number of aromatic nitrogens is 1. The van der Waals surface area contributed by atoms with Crippen LogP contribution >= 0.6 is 15.9 Å². The lowest BCUT2D eigenvalue weighted by atomic mass is 10.2. The average Bonchev–Trinajstić information content (AvgIpc) is 2.25. The fourth-order valence-electron chi connectivity index (χ4n) is 1.21. The van der Waals surface area contributed by atoms with E-state index in [9.17, 15) is 4.79 Å². The number of unbranched alkanes of at least 4 members (excludes halogenated alkanes) is 2. The Labute approximate surface area is 98.4 Å². The van der Waals surface area contributed by atoms with E-state index in [1.165, 1.54) is 0 Å². The Morgan fingerprint density at radius 1 is 1.53 bits per heavy atom. The van der Waals surface area contributed by atoms with Crippen molar-refractivity contribution in [3.05, 3.63) is 28.5 Å². The predicted molar refractivity (Wildman–Crippen MR) is 63.8 cm³/mol. The normalized spacial score (nSPS) is 10.0. The number of pyridine rings is 1. The molecule has 0 bridgehead atoms. The highest BCUT2D eigenvalue weighted by molar-refractivity contribution is 9.10. The number of hydrogen-bond donors (Lipinski definition) is 1. The van der Waals surface area contributed by atoms with Gasteiger partial charge < -0.3 is 5.32 Å². The molecule has 0 radical (unpaired) electrons. The monoisotopic (exact) mass is 270 g/mol. The van der Waals surface area contributed by atoms with E-state index in [-0.39, 0.29) is 5.91 Å². The van der Waals surface area contributed by atoms with Gasteiger partial charge in [-0.05, 0) is 34.5 Å². The van der Waals surface area contributed by atoms with Crippen molar-refractivity contribution in [2.24, 2.45) is 0 Å². The summed E-state index contributed by atoms with van der Waals surface area (Å²) in [7, 11) is 0. The van der Waals surface area contributed by atoms with E-state index in [4.69, 9.17) is 0 Å². The Morgan fingerprint density at radius 2 is 2.33 bits per heavy atom. The molecule has 3 nitrogen and oxygen atoms in total. The zero-order valence-electron chi connectivity index (χ0n) is 8.79. The summed E-state index contributed by atoms with van der Waals surface area (Å²) < 4.78 is 0.734. The molecule has 0 saturated carbocycles. The number of amides is 1. The summed E-state index contributed by atoms with van der Waals surface area (Å²) >= 11 is 3.30. The molecule has 1 amide bonds. The van der Waals surface area contributed by atoms with E-state index in [1.807, 2.05) is 6.07 Å². The third-order valence-electron chi connectivity index (χ3n) is 2.04. The van der Waals surface area contributed by atoms with Gasteiger partial charge in [-0.3, -0.25) is 4.79 Å². The van der Waals surface area contributed by atoms with Crippen LogP contribution in [-0.4, -0.2) is 17.4 Å². The molecular formula is C11H15BrN2O. The Kier molecular flexibility index (Phi) is 5.32. The highest BCUT2D eigenvalue weighted by Gasteiger charge is 2.09. The molecule has 1 aromatic rings. The lowest BCUT2D eigenvalue weighted by molar-refractivity contribution is 0.0947. The van der Waals surface area contributed by atoms with Gasteiger partial charge in [-0.25, -0.2) is 4.98 Å². The number of nitrogens with zero attached hydrogens (tertiary/aromatic N) is 1. The number of halogens is 1. The molecule has 0 unspecified atom stereocenters. The van der Waals surface area contributed by atoms with Gasteiger partial charge in [0, 0.05) is 17.2 Å². The van der Waals surface area contributed by atoms with Crippen molar-refractivity contribution in [1.29, 1.82) is 0 Å². The van der Waals surface area contributed by atoms with Crippen molar-refractivity contribution in [2.45, 2.75) is 26.2 Å². The average molecular weight is 271 g/mol. The molecule has 1 N–H and O–H groups in total. The Balaban J connectivity index is 2.44. The van der Waals surface area contributed by atoms with Gasteiger partial charge in [0.2, 0.25) is 0 Å². The molecule has 1 rings (SSSR count). The van der Waals surface area contributed by atoms with E-state index in [1.54, 1.807) is 12.3 Å². The number of carbonyl (C=O) groups excluding carboxylic acids is 1. The summed E-state index contributed by atoms with van der Waals surface area (Å²) in [6, 6.07) is 3.60. The van der Waals surface area contributed by atoms with Crippen LogP contribution in [0.4, 0.5) is 0 Å². The first-order valence-electron chi connectivity index (χ1n) is 5.14. The van der Waals surface area contributed by atoms with Crippen LogP contribution in [0.3, 0.4) is 0 Å². The van der Waals surface area contributed by atoms with E-state index in [0.29, 0.717) is 5.69 Å². The van der Waals surface area contributed by atoms with E-state index < -0.39 is 0 Å². The van der Waals surface area contributed by atoms with Gasteiger partial charge in [0.25, 0.3) is 5.91 Å². The molecule has 1 heterocycles. The number of nitrogens with one attached hydrogen (secondary N) is 1. The molecule has 0 aliphatic carbocycles. The van der Waals surface area contributed by atoms with Crippen molar-refractivity contribution in [2.75, 3.05) is 6.54 Å². The van der Waals surface area contributed by atoms with Crippen LogP contribution in [0.15, 0.2) is 22.8 Å². The smallest absolute Gasteiger partial charge is 0.271 e. The van der Waals surface area contributed by atoms with E-state index >= 15 is 0 Å². The maximum Gasteiger partial charge on any atom is 0.271 e. The number of carbonyl (C=O) groups is 1. The molecule has 0 saturated heterocycles. The zero-order valence-corrected chi connectivity index (χ0v) is 10.4. The number of hydrogen-bond acceptors (Lipinski definition) is 2. The first-order chi connectivity index (χ1) is 7.25. The van der Waals surface area contributed by atoms with Crippen molar-refractivity contribution < 1.29 is 4.79 Å². The zero-order chi connectivity index (χ0) is 11.1. The summed E-state index contributed by atoms with van der Waals surface area (Å²) in [5.41, 5.74) is 0.453. The van der Waals surface area contributed by atoms with Crippen LogP contribution in [0, 0.1) is 0 Å². The molecule has 82 valence electrons. The minimum Gasteiger partial charge on any atom is -0.351 e. The molecule has 0 spiro atoms. The fraction of sp³-hybridized carbons (Fsp3) is 0.455. The van der Waals surface area contributed by atoms with Gasteiger partial charge in [-0.2, -0.15) is 0 Å². The van der Waals surface area contributed by atoms with Crippen molar-refractivity contribution in [3.63, 3.8) is 0 Å². The quantitative estimate of drug-likeness (QED) is 0.837. The number of rotatable bonds is 5. The SMILES string of the molecule is CCCCCNC(=O)c1ncccc1Br. The van der Waals surface area contributed by atoms with Crippen molar-refractivity contribution >= 4 is 21.8 Å². The summed E-state index contributed by atoms with van der Waals surface area (Å²) in [6.45, 7) is 2.85. The summed E-state index contributed by atoms with van der Waals surface area (Å²) in [4.78, 5) is 15.6. The third-order valence-corrected chi connectivity index (χ3v) is 2.68. The van der Waals surface area contributed by atoms with Crippen LogP contribution in [0.1, 0.15) is 36.7 Å². The van der Waals surface area contributed by atoms with Gasteiger partial charge in [0.15, 0.2) is 0 Å². The summed E-state index contributed by atoms with van der Waals surface area (Å²) in [5, 5.41) is 2.84. The Morgan fingerprint density at radius 3 is 3.00 bits per heavy atom. The first-order valence-corrected chi connectivity index (χ1v) is 5.93. The van der Waals surface area contributed by atoms with Gasteiger partial charge in [-0.1, -0.05) is 19.8 Å². The summed E-state index contributed by atoms with van der Waals surface area (Å²) in [6.07, 6.45) is 4.94.